The van der Waals surface area contributed by atoms with E-state index in [1.807, 2.05) is 60.7 Å². The molecule has 1 heterocycles. The van der Waals surface area contributed by atoms with Gasteiger partial charge in [-0.25, -0.2) is 9.67 Å². The molecule has 2 aromatic carbocycles. The van der Waals surface area contributed by atoms with Crippen molar-refractivity contribution in [3.05, 3.63) is 84.4 Å². The summed E-state index contributed by atoms with van der Waals surface area (Å²) in [6.45, 7) is 0. The van der Waals surface area contributed by atoms with Crippen LogP contribution in [0.3, 0.4) is 0 Å². The summed E-state index contributed by atoms with van der Waals surface area (Å²) in [7, 11) is 0. The van der Waals surface area contributed by atoms with E-state index < -0.39 is 11.6 Å². The van der Waals surface area contributed by atoms with Crippen molar-refractivity contribution in [1.82, 2.24) is 14.8 Å². The Kier molecular flexibility index (Phi) is 4.22. The minimum atomic E-state index is -1.29. The van der Waals surface area contributed by atoms with Gasteiger partial charge in [-0.2, -0.15) is 5.10 Å². The van der Waals surface area contributed by atoms with Crippen molar-refractivity contribution in [2.24, 2.45) is 0 Å². The van der Waals surface area contributed by atoms with E-state index in [2.05, 4.69) is 16.0 Å². The fourth-order valence-corrected chi connectivity index (χ4v) is 2.87. The van der Waals surface area contributed by atoms with Crippen LogP contribution in [0.2, 0.25) is 0 Å². The molecule has 4 heteroatoms. The zero-order chi connectivity index (χ0) is 16.1. The third-order valence-corrected chi connectivity index (χ3v) is 3.91. The summed E-state index contributed by atoms with van der Waals surface area (Å²) in [6, 6.07) is 18.7. The van der Waals surface area contributed by atoms with Gasteiger partial charge in [0.05, 0.1) is 0 Å². The molecule has 114 valence electrons. The van der Waals surface area contributed by atoms with Crippen molar-refractivity contribution in [1.29, 1.82) is 0 Å². The Balaban J connectivity index is 2.19. The Morgan fingerprint density at radius 3 is 2.30 bits per heavy atom. The number of hydrogen-bond acceptors (Lipinski definition) is 3. The van der Waals surface area contributed by atoms with Crippen molar-refractivity contribution in [2.45, 2.75) is 18.1 Å². The minimum absolute atomic E-state index is 0.163. The van der Waals surface area contributed by atoms with Gasteiger partial charge in [-0.15, -0.1) is 12.3 Å². The largest absolute Gasteiger partial charge is 0.382 e. The minimum Gasteiger partial charge on any atom is -0.382 e. The Morgan fingerprint density at radius 2 is 1.74 bits per heavy atom. The lowest BCUT2D eigenvalue weighted by Crippen LogP contribution is -2.38. The topological polar surface area (TPSA) is 50.9 Å². The third-order valence-electron chi connectivity index (χ3n) is 3.91. The van der Waals surface area contributed by atoms with Crippen LogP contribution in [0.1, 0.15) is 23.6 Å². The highest BCUT2D eigenvalue weighted by Gasteiger charge is 2.40. The number of benzene rings is 2. The second-order valence-corrected chi connectivity index (χ2v) is 5.36. The first-order valence-electron chi connectivity index (χ1n) is 7.36. The fraction of sp³-hybridized carbons (Fsp3) is 0.158. The summed E-state index contributed by atoms with van der Waals surface area (Å²) in [5.74, 6) is 2.61. The van der Waals surface area contributed by atoms with Gasteiger partial charge in [0.25, 0.3) is 0 Å². The monoisotopic (exact) mass is 303 g/mol. The van der Waals surface area contributed by atoms with E-state index in [1.54, 1.807) is 11.0 Å². The van der Waals surface area contributed by atoms with Gasteiger partial charge in [-0.1, -0.05) is 60.7 Å². The molecular weight excluding hydrogens is 286 g/mol. The Hall–Kier alpha value is -2.90. The molecule has 0 saturated carbocycles. The molecule has 0 aliphatic heterocycles. The molecule has 0 bridgehead atoms. The summed E-state index contributed by atoms with van der Waals surface area (Å²) in [5.41, 5.74) is 0.382. The van der Waals surface area contributed by atoms with Crippen molar-refractivity contribution < 1.29 is 5.11 Å². The first kappa shape index (κ1) is 15.0. The average molecular weight is 303 g/mol. The van der Waals surface area contributed by atoms with Gasteiger partial charge in [-0.3, -0.25) is 0 Å². The number of hydrogen-bond donors (Lipinski definition) is 1. The maximum absolute atomic E-state index is 11.5. The van der Waals surface area contributed by atoms with E-state index in [4.69, 9.17) is 6.42 Å². The molecule has 0 saturated heterocycles. The predicted molar refractivity (Wildman–Crippen MR) is 88.4 cm³/mol. The smallest absolute Gasteiger partial charge is 0.137 e. The normalized spacial score (nSPS) is 14.6. The first-order chi connectivity index (χ1) is 11.3. The standard InChI is InChI=1S/C19H17N3O/c1-2-13-19(23,17-11-7-4-8-12-17)18(22-15-20-14-21-22)16-9-5-3-6-10-16/h1,3-12,14-15,18,23H,13H2. The average Bonchev–Trinajstić information content (AvgIpc) is 3.11. The van der Waals surface area contributed by atoms with E-state index in [-0.39, 0.29) is 6.42 Å². The summed E-state index contributed by atoms with van der Waals surface area (Å²) in [6.07, 6.45) is 8.78. The molecule has 23 heavy (non-hydrogen) atoms. The summed E-state index contributed by atoms with van der Waals surface area (Å²) < 4.78 is 1.65. The Labute approximate surface area is 135 Å². The number of aliphatic hydroxyl groups is 1. The maximum atomic E-state index is 11.5. The van der Waals surface area contributed by atoms with Gasteiger partial charge in [0.15, 0.2) is 0 Å². The van der Waals surface area contributed by atoms with Gasteiger partial charge in [-0.05, 0) is 11.1 Å². The third kappa shape index (κ3) is 2.87. The quantitative estimate of drug-likeness (QED) is 0.737. The predicted octanol–water partition coefficient (Wildman–Crippen LogP) is 2.78. The van der Waals surface area contributed by atoms with Crippen LogP contribution < -0.4 is 0 Å². The van der Waals surface area contributed by atoms with Gasteiger partial charge in [0.2, 0.25) is 0 Å². The van der Waals surface area contributed by atoms with Gasteiger partial charge in [0, 0.05) is 6.42 Å². The molecule has 1 aromatic heterocycles. The molecule has 3 rings (SSSR count). The van der Waals surface area contributed by atoms with E-state index in [1.165, 1.54) is 6.33 Å². The first-order valence-corrected chi connectivity index (χ1v) is 7.36. The molecule has 0 amide bonds. The lowest BCUT2D eigenvalue weighted by Gasteiger charge is -2.35. The van der Waals surface area contributed by atoms with Crippen molar-refractivity contribution in [2.75, 3.05) is 0 Å². The highest BCUT2D eigenvalue weighted by molar-refractivity contribution is 5.32. The van der Waals surface area contributed by atoms with Crippen LogP contribution in [0.15, 0.2) is 73.3 Å². The van der Waals surface area contributed by atoms with Gasteiger partial charge in [0.1, 0.15) is 24.3 Å². The zero-order valence-electron chi connectivity index (χ0n) is 12.6. The second kappa shape index (κ2) is 6.47. The van der Waals surface area contributed by atoms with Crippen LogP contribution in [0.25, 0.3) is 0 Å². The molecule has 0 radical (unpaired) electrons. The lowest BCUT2D eigenvalue weighted by molar-refractivity contribution is -0.00254. The van der Waals surface area contributed by atoms with E-state index in [0.717, 1.165) is 11.1 Å². The molecule has 1 N–H and O–H groups in total. The van der Waals surface area contributed by atoms with Crippen LogP contribution in [0.4, 0.5) is 0 Å². The Bertz CT molecular complexity index is 778. The molecule has 0 aliphatic rings. The summed E-state index contributed by atoms with van der Waals surface area (Å²) in [5, 5.41) is 15.8. The number of nitrogens with zero attached hydrogens (tertiary/aromatic N) is 3. The van der Waals surface area contributed by atoms with Crippen LogP contribution in [-0.4, -0.2) is 19.9 Å². The van der Waals surface area contributed by atoms with E-state index in [0.29, 0.717) is 0 Å². The molecule has 0 fully saturated rings. The highest BCUT2D eigenvalue weighted by atomic mass is 16.3. The molecule has 2 atom stereocenters. The SMILES string of the molecule is C#CCC(O)(c1ccccc1)C(c1ccccc1)n1cncn1. The maximum Gasteiger partial charge on any atom is 0.137 e. The number of aromatic nitrogens is 3. The second-order valence-electron chi connectivity index (χ2n) is 5.36. The highest BCUT2D eigenvalue weighted by Crippen LogP contribution is 2.40. The number of terminal acetylenes is 1. The van der Waals surface area contributed by atoms with Crippen LogP contribution >= 0.6 is 0 Å². The van der Waals surface area contributed by atoms with Gasteiger partial charge < -0.3 is 5.11 Å². The summed E-state index contributed by atoms with van der Waals surface area (Å²) >= 11 is 0. The van der Waals surface area contributed by atoms with Crippen molar-refractivity contribution in [3.8, 4) is 12.3 Å². The van der Waals surface area contributed by atoms with Crippen LogP contribution in [-0.2, 0) is 5.60 Å². The number of rotatable bonds is 5. The molecular formula is C19H17N3O. The van der Waals surface area contributed by atoms with E-state index >= 15 is 0 Å². The molecule has 3 aromatic rings. The molecule has 2 unspecified atom stereocenters. The van der Waals surface area contributed by atoms with Crippen LogP contribution in [0, 0.1) is 12.3 Å². The molecule has 0 spiro atoms. The summed E-state index contributed by atoms with van der Waals surface area (Å²) in [4.78, 5) is 4.02. The van der Waals surface area contributed by atoms with Crippen molar-refractivity contribution >= 4 is 0 Å². The van der Waals surface area contributed by atoms with E-state index in [9.17, 15) is 5.11 Å². The zero-order valence-corrected chi connectivity index (χ0v) is 12.6. The van der Waals surface area contributed by atoms with Crippen LogP contribution in [0.5, 0.6) is 0 Å². The Morgan fingerprint density at radius 1 is 1.09 bits per heavy atom. The molecule has 4 nitrogen and oxygen atoms in total. The fourth-order valence-electron chi connectivity index (χ4n) is 2.87. The molecule has 0 aliphatic carbocycles. The van der Waals surface area contributed by atoms with Crippen molar-refractivity contribution in [3.63, 3.8) is 0 Å². The van der Waals surface area contributed by atoms with Gasteiger partial charge >= 0.3 is 0 Å². The lowest BCUT2D eigenvalue weighted by atomic mass is 9.80.